The molecule has 30 heavy (non-hydrogen) atoms. The number of carbonyl (C=O) groups is 2. The predicted molar refractivity (Wildman–Crippen MR) is 113 cm³/mol. The molecule has 0 aliphatic carbocycles. The van der Waals surface area contributed by atoms with Gasteiger partial charge >= 0.3 is 5.97 Å². The molecule has 0 spiro atoms. The standard InChI is InChI=1S/C12H9F2NO2S.C9H5FOS/c1-5-2-3-6(10(14)9(5)13)7-4-18-11(15)8(7)12(16)17;10-8-3-1-2-6-4-7(5-11)12-9(6)8/h2-4H,15H2,1H3,(H,16,17);1-5H. The monoisotopic (exact) mass is 449 g/mol. The highest BCUT2D eigenvalue weighted by Crippen LogP contribution is 2.36. The smallest absolute Gasteiger partial charge is 0.339 e. The number of aldehydes is 1. The fourth-order valence-corrected chi connectivity index (χ4v) is 4.44. The Balaban J connectivity index is 0.000000184. The van der Waals surface area contributed by atoms with E-state index in [4.69, 9.17) is 10.8 Å². The third-order valence-corrected chi connectivity index (χ3v) is 6.13. The van der Waals surface area contributed by atoms with Crippen LogP contribution in [-0.2, 0) is 0 Å². The number of fused-ring (bicyclic) bond motifs is 1. The van der Waals surface area contributed by atoms with Gasteiger partial charge in [-0.1, -0.05) is 24.3 Å². The summed E-state index contributed by atoms with van der Waals surface area (Å²) < 4.78 is 40.8. The molecular weight excluding hydrogens is 435 g/mol. The Hall–Kier alpha value is -3.17. The van der Waals surface area contributed by atoms with Crippen molar-refractivity contribution < 1.29 is 27.9 Å². The Labute approximate surface area is 177 Å². The van der Waals surface area contributed by atoms with Crippen molar-refractivity contribution in [3.63, 3.8) is 0 Å². The van der Waals surface area contributed by atoms with Gasteiger partial charge in [-0.15, -0.1) is 22.7 Å². The van der Waals surface area contributed by atoms with E-state index in [1.165, 1.54) is 41.8 Å². The minimum Gasteiger partial charge on any atom is -0.478 e. The molecule has 0 saturated carbocycles. The molecule has 4 rings (SSSR count). The van der Waals surface area contributed by atoms with Crippen molar-refractivity contribution in [3.05, 3.63) is 75.2 Å². The van der Waals surface area contributed by atoms with Crippen molar-refractivity contribution in [2.75, 3.05) is 5.73 Å². The van der Waals surface area contributed by atoms with Crippen molar-refractivity contribution in [1.82, 2.24) is 0 Å². The molecule has 2 aromatic heterocycles. The highest BCUT2D eigenvalue weighted by molar-refractivity contribution is 7.20. The molecule has 0 saturated heterocycles. The second-order valence-corrected chi connectivity index (χ2v) is 8.17. The topological polar surface area (TPSA) is 80.4 Å². The molecule has 2 aromatic carbocycles. The van der Waals surface area contributed by atoms with Crippen LogP contribution in [0.3, 0.4) is 0 Å². The maximum atomic E-state index is 13.8. The summed E-state index contributed by atoms with van der Waals surface area (Å²) in [4.78, 5) is 22.0. The summed E-state index contributed by atoms with van der Waals surface area (Å²) in [6, 6.07) is 9.26. The minimum absolute atomic E-state index is 0.0675. The number of halogens is 3. The molecule has 0 amide bonds. The van der Waals surface area contributed by atoms with E-state index < -0.39 is 17.6 Å². The first-order valence-electron chi connectivity index (χ1n) is 8.43. The molecule has 0 bridgehead atoms. The van der Waals surface area contributed by atoms with Gasteiger partial charge in [0, 0.05) is 16.5 Å². The van der Waals surface area contributed by atoms with E-state index in [0.717, 1.165) is 23.0 Å². The first-order valence-corrected chi connectivity index (χ1v) is 10.1. The number of nitrogens with two attached hydrogens (primary N) is 1. The van der Waals surface area contributed by atoms with Gasteiger partial charge in [0.2, 0.25) is 0 Å². The van der Waals surface area contributed by atoms with Gasteiger partial charge < -0.3 is 10.8 Å². The third kappa shape index (κ3) is 4.07. The number of aryl methyl sites for hydroxylation is 1. The number of hydrogen-bond donors (Lipinski definition) is 2. The van der Waals surface area contributed by atoms with Gasteiger partial charge in [0.25, 0.3) is 0 Å². The van der Waals surface area contributed by atoms with Crippen LogP contribution in [0.4, 0.5) is 18.2 Å². The lowest BCUT2D eigenvalue weighted by molar-refractivity contribution is 0.0699. The quantitative estimate of drug-likeness (QED) is 0.369. The van der Waals surface area contributed by atoms with Crippen LogP contribution >= 0.6 is 22.7 Å². The largest absolute Gasteiger partial charge is 0.478 e. The lowest BCUT2D eigenvalue weighted by Crippen LogP contribution is -2.02. The molecule has 4 aromatic rings. The zero-order chi connectivity index (χ0) is 22.0. The van der Waals surface area contributed by atoms with Crippen molar-refractivity contribution >= 4 is 50.0 Å². The van der Waals surface area contributed by atoms with Gasteiger partial charge in [0.1, 0.15) is 16.4 Å². The molecule has 0 aliphatic rings. The second-order valence-electron chi connectivity index (χ2n) is 6.18. The molecule has 3 N–H and O–H groups in total. The summed E-state index contributed by atoms with van der Waals surface area (Å²) in [5.74, 6) is -3.56. The van der Waals surface area contributed by atoms with Crippen LogP contribution in [0.1, 0.15) is 25.6 Å². The Kier molecular flexibility index (Phi) is 6.23. The van der Waals surface area contributed by atoms with Crippen LogP contribution in [-0.4, -0.2) is 17.4 Å². The van der Waals surface area contributed by atoms with Gasteiger partial charge in [-0.3, -0.25) is 4.79 Å². The fraction of sp³-hybridized carbons (Fsp3) is 0.0476. The molecule has 9 heteroatoms. The van der Waals surface area contributed by atoms with Crippen LogP contribution in [0.5, 0.6) is 0 Å². The van der Waals surface area contributed by atoms with Gasteiger partial charge in [0.05, 0.1) is 9.58 Å². The molecule has 2 heterocycles. The molecule has 0 fully saturated rings. The third-order valence-electron chi connectivity index (χ3n) is 4.23. The van der Waals surface area contributed by atoms with Crippen molar-refractivity contribution in [3.8, 4) is 11.1 Å². The highest BCUT2D eigenvalue weighted by Gasteiger charge is 2.22. The predicted octanol–water partition coefficient (Wildman–Crippen LogP) is 6.14. The van der Waals surface area contributed by atoms with Crippen LogP contribution < -0.4 is 5.73 Å². The van der Waals surface area contributed by atoms with Gasteiger partial charge in [-0.25, -0.2) is 18.0 Å². The van der Waals surface area contributed by atoms with Crippen molar-refractivity contribution in [2.24, 2.45) is 0 Å². The van der Waals surface area contributed by atoms with E-state index in [2.05, 4.69) is 0 Å². The Morgan fingerprint density at radius 3 is 2.47 bits per heavy atom. The van der Waals surface area contributed by atoms with E-state index >= 15 is 0 Å². The van der Waals surface area contributed by atoms with E-state index in [0.29, 0.717) is 9.58 Å². The van der Waals surface area contributed by atoms with Crippen LogP contribution in [0.25, 0.3) is 21.2 Å². The number of nitrogen functional groups attached to an aromatic ring is 1. The summed E-state index contributed by atoms with van der Waals surface area (Å²) in [5, 5.41) is 11.3. The van der Waals surface area contributed by atoms with E-state index in [1.54, 1.807) is 18.2 Å². The first kappa shape index (κ1) is 21.5. The normalized spacial score (nSPS) is 10.5. The molecule has 0 atom stereocenters. The van der Waals surface area contributed by atoms with Crippen LogP contribution in [0, 0.1) is 24.4 Å². The number of carboxylic acid groups (broad SMARTS) is 1. The highest BCUT2D eigenvalue weighted by atomic mass is 32.1. The maximum Gasteiger partial charge on any atom is 0.339 e. The van der Waals surface area contributed by atoms with E-state index in [-0.39, 0.29) is 33.1 Å². The van der Waals surface area contributed by atoms with Gasteiger partial charge in [0.15, 0.2) is 17.9 Å². The zero-order valence-electron chi connectivity index (χ0n) is 15.4. The molecule has 4 nitrogen and oxygen atoms in total. The van der Waals surface area contributed by atoms with Gasteiger partial charge in [-0.2, -0.15) is 0 Å². The minimum atomic E-state index is -1.26. The number of rotatable bonds is 3. The lowest BCUT2D eigenvalue weighted by atomic mass is 10.0. The molecule has 0 unspecified atom stereocenters. The number of carbonyl (C=O) groups excluding carboxylic acids is 1. The number of carboxylic acids is 1. The fourth-order valence-electron chi connectivity index (χ4n) is 2.75. The SMILES string of the molecule is Cc1ccc(-c2csc(N)c2C(=O)O)c(F)c1F.O=Cc1cc2cccc(F)c2s1. The van der Waals surface area contributed by atoms with Crippen molar-refractivity contribution in [1.29, 1.82) is 0 Å². The summed E-state index contributed by atoms with van der Waals surface area (Å²) in [7, 11) is 0. The molecular formula is C21H14F3NO3S2. The molecule has 154 valence electrons. The second kappa shape index (κ2) is 8.68. The average molecular weight is 449 g/mol. The lowest BCUT2D eigenvalue weighted by Gasteiger charge is -2.06. The molecule has 0 radical (unpaired) electrons. The molecule has 0 aliphatic heterocycles. The summed E-state index contributed by atoms with van der Waals surface area (Å²) in [6.07, 6.45) is 0.740. The first-order chi connectivity index (χ1) is 14.2. The number of aromatic carboxylic acids is 1. The maximum absolute atomic E-state index is 13.8. The summed E-state index contributed by atoms with van der Waals surface area (Å²) in [5.41, 5.74) is 5.49. The Morgan fingerprint density at radius 1 is 1.10 bits per heavy atom. The van der Waals surface area contributed by atoms with Crippen LogP contribution in [0.2, 0.25) is 0 Å². The summed E-state index contributed by atoms with van der Waals surface area (Å²) >= 11 is 2.16. The van der Waals surface area contributed by atoms with Crippen LogP contribution in [0.15, 0.2) is 41.8 Å². The van der Waals surface area contributed by atoms with E-state index in [9.17, 15) is 22.8 Å². The average Bonchev–Trinajstić information content (AvgIpc) is 3.31. The van der Waals surface area contributed by atoms with Crippen molar-refractivity contribution in [2.45, 2.75) is 6.92 Å². The number of hydrogen-bond acceptors (Lipinski definition) is 5. The Morgan fingerprint density at radius 2 is 1.83 bits per heavy atom. The summed E-state index contributed by atoms with van der Waals surface area (Å²) in [6.45, 7) is 1.43. The van der Waals surface area contributed by atoms with Gasteiger partial charge in [-0.05, 0) is 30.0 Å². The Bertz CT molecular complexity index is 1260. The zero-order valence-corrected chi connectivity index (χ0v) is 17.0. The number of anilines is 1. The number of thiophene rings is 2. The van der Waals surface area contributed by atoms with E-state index in [1.807, 2.05) is 0 Å². The number of benzene rings is 2.